The monoisotopic (exact) mass is 211 g/mol. The first-order valence-corrected chi connectivity index (χ1v) is 5.07. The Hall–Kier alpha value is -1.36. The van der Waals surface area contributed by atoms with Crippen molar-refractivity contribution in [1.82, 2.24) is 15.1 Å². The third-order valence-corrected chi connectivity index (χ3v) is 2.13. The van der Waals surface area contributed by atoms with Crippen LogP contribution < -0.4 is 5.32 Å². The summed E-state index contributed by atoms with van der Waals surface area (Å²) < 4.78 is 1.58. The second-order valence-electron chi connectivity index (χ2n) is 3.63. The van der Waals surface area contributed by atoms with Gasteiger partial charge in [-0.25, -0.2) is 0 Å². The van der Waals surface area contributed by atoms with Crippen molar-refractivity contribution in [3.63, 3.8) is 0 Å². The zero-order chi connectivity index (χ0) is 11.1. The Kier molecular flexibility index (Phi) is 4.83. The second kappa shape index (κ2) is 6.19. The fraction of sp³-hybridized carbons (Fsp3) is 0.600. The molecule has 1 atom stereocenters. The molecule has 84 valence electrons. The Labute approximate surface area is 89.1 Å². The van der Waals surface area contributed by atoms with E-state index < -0.39 is 0 Å². The minimum atomic E-state index is -0.0523. The number of hydrogen-bond donors (Lipinski definition) is 2. The molecule has 5 nitrogen and oxygen atoms in total. The molecule has 1 amide bonds. The number of amides is 1. The molecule has 0 aliphatic heterocycles. The van der Waals surface area contributed by atoms with Gasteiger partial charge in [-0.2, -0.15) is 5.10 Å². The molecule has 0 saturated carbocycles. The van der Waals surface area contributed by atoms with Gasteiger partial charge in [-0.15, -0.1) is 0 Å². The first-order valence-electron chi connectivity index (χ1n) is 5.07. The summed E-state index contributed by atoms with van der Waals surface area (Å²) in [5, 5.41) is 15.4. The van der Waals surface area contributed by atoms with E-state index in [1.807, 2.05) is 6.92 Å². The summed E-state index contributed by atoms with van der Waals surface area (Å²) in [6.45, 7) is 3.00. The molecule has 0 aliphatic carbocycles. The lowest BCUT2D eigenvalue weighted by molar-refractivity contribution is -0.122. The maximum Gasteiger partial charge on any atom is 0.241 e. The van der Waals surface area contributed by atoms with E-state index in [2.05, 4.69) is 10.4 Å². The largest absolute Gasteiger partial charge is 0.396 e. The van der Waals surface area contributed by atoms with E-state index >= 15 is 0 Å². The Bertz CT molecular complexity index is 285. The Balaban J connectivity index is 2.19. The van der Waals surface area contributed by atoms with Crippen molar-refractivity contribution in [3.8, 4) is 0 Å². The average molecular weight is 211 g/mol. The quantitative estimate of drug-likeness (QED) is 0.697. The molecule has 0 aromatic carbocycles. The minimum absolute atomic E-state index is 0.0523. The van der Waals surface area contributed by atoms with Gasteiger partial charge in [-0.05, 0) is 18.4 Å². The van der Waals surface area contributed by atoms with Crippen LogP contribution in [0.25, 0.3) is 0 Å². The molecule has 1 heterocycles. The van der Waals surface area contributed by atoms with Gasteiger partial charge in [-0.3, -0.25) is 9.48 Å². The van der Waals surface area contributed by atoms with Crippen LogP contribution in [0, 0.1) is 5.92 Å². The number of rotatable bonds is 6. The highest BCUT2D eigenvalue weighted by atomic mass is 16.3. The van der Waals surface area contributed by atoms with Crippen LogP contribution in [0.3, 0.4) is 0 Å². The van der Waals surface area contributed by atoms with E-state index in [0.29, 0.717) is 18.9 Å². The molecule has 1 unspecified atom stereocenters. The van der Waals surface area contributed by atoms with Crippen LogP contribution in [0.5, 0.6) is 0 Å². The number of aliphatic hydroxyl groups is 1. The van der Waals surface area contributed by atoms with Crippen LogP contribution in [0.4, 0.5) is 0 Å². The number of aromatic nitrogens is 2. The predicted octanol–water partition coefficient (Wildman–Crippen LogP) is 0.0178. The molecule has 5 heteroatoms. The van der Waals surface area contributed by atoms with Gasteiger partial charge in [0.1, 0.15) is 6.54 Å². The van der Waals surface area contributed by atoms with E-state index in [1.54, 1.807) is 23.1 Å². The third-order valence-electron chi connectivity index (χ3n) is 2.13. The zero-order valence-corrected chi connectivity index (χ0v) is 8.89. The standard InChI is InChI=1S/C10H17N3O2/c1-9(3-6-14)7-11-10(15)8-13-5-2-4-12-13/h2,4-5,9,14H,3,6-8H2,1H3,(H,11,15). The van der Waals surface area contributed by atoms with Crippen LogP contribution in [0.1, 0.15) is 13.3 Å². The topological polar surface area (TPSA) is 67.2 Å². The highest BCUT2D eigenvalue weighted by Gasteiger charge is 2.05. The number of nitrogens with zero attached hydrogens (tertiary/aromatic N) is 2. The first-order chi connectivity index (χ1) is 7.22. The molecule has 0 aliphatic rings. The van der Waals surface area contributed by atoms with Gasteiger partial charge >= 0.3 is 0 Å². The Morgan fingerprint density at radius 3 is 3.07 bits per heavy atom. The molecule has 0 fully saturated rings. The van der Waals surface area contributed by atoms with Gasteiger partial charge in [0, 0.05) is 25.5 Å². The summed E-state index contributed by atoms with van der Waals surface area (Å²) in [4.78, 5) is 11.4. The van der Waals surface area contributed by atoms with Crippen molar-refractivity contribution < 1.29 is 9.90 Å². The SMILES string of the molecule is CC(CCO)CNC(=O)Cn1cccn1. The highest BCUT2D eigenvalue weighted by molar-refractivity contribution is 5.75. The van der Waals surface area contributed by atoms with Crippen LogP contribution in [-0.2, 0) is 11.3 Å². The van der Waals surface area contributed by atoms with E-state index in [1.165, 1.54) is 0 Å². The molecule has 0 spiro atoms. The van der Waals surface area contributed by atoms with Gasteiger partial charge in [0.15, 0.2) is 0 Å². The van der Waals surface area contributed by atoms with Gasteiger partial charge in [0.05, 0.1) is 0 Å². The molecule has 15 heavy (non-hydrogen) atoms. The maximum absolute atomic E-state index is 11.4. The van der Waals surface area contributed by atoms with Crippen molar-refractivity contribution in [2.45, 2.75) is 19.9 Å². The van der Waals surface area contributed by atoms with E-state index in [4.69, 9.17) is 5.11 Å². The molecule has 1 aromatic rings. The molecule has 1 rings (SSSR count). The van der Waals surface area contributed by atoms with Gasteiger partial charge < -0.3 is 10.4 Å². The van der Waals surface area contributed by atoms with Crippen LogP contribution >= 0.6 is 0 Å². The summed E-state index contributed by atoms with van der Waals surface area (Å²) in [5.74, 6) is 0.250. The maximum atomic E-state index is 11.4. The molecular weight excluding hydrogens is 194 g/mol. The summed E-state index contributed by atoms with van der Waals surface area (Å²) in [5.41, 5.74) is 0. The van der Waals surface area contributed by atoms with Crippen molar-refractivity contribution >= 4 is 5.91 Å². The minimum Gasteiger partial charge on any atom is -0.396 e. The van der Waals surface area contributed by atoms with Crippen LogP contribution in [-0.4, -0.2) is 33.9 Å². The average Bonchev–Trinajstić information content (AvgIpc) is 2.68. The lowest BCUT2D eigenvalue weighted by Gasteiger charge is -2.10. The lowest BCUT2D eigenvalue weighted by Crippen LogP contribution is -2.31. The lowest BCUT2D eigenvalue weighted by atomic mass is 10.1. The number of carbonyl (C=O) groups is 1. The summed E-state index contributed by atoms with van der Waals surface area (Å²) in [6.07, 6.45) is 4.10. The van der Waals surface area contributed by atoms with E-state index in [9.17, 15) is 4.79 Å². The van der Waals surface area contributed by atoms with Crippen LogP contribution in [0.15, 0.2) is 18.5 Å². The third kappa shape index (κ3) is 4.60. The number of nitrogens with one attached hydrogen (secondary N) is 1. The fourth-order valence-corrected chi connectivity index (χ4v) is 1.21. The second-order valence-corrected chi connectivity index (χ2v) is 3.63. The smallest absolute Gasteiger partial charge is 0.241 e. The van der Waals surface area contributed by atoms with Gasteiger partial charge in [-0.1, -0.05) is 6.92 Å². The number of aliphatic hydroxyl groups excluding tert-OH is 1. The van der Waals surface area contributed by atoms with E-state index in [-0.39, 0.29) is 19.1 Å². The van der Waals surface area contributed by atoms with Crippen molar-refractivity contribution in [2.24, 2.45) is 5.92 Å². The zero-order valence-electron chi connectivity index (χ0n) is 8.89. The van der Waals surface area contributed by atoms with Crippen molar-refractivity contribution in [3.05, 3.63) is 18.5 Å². The Morgan fingerprint density at radius 1 is 1.67 bits per heavy atom. The first kappa shape index (κ1) is 11.7. The number of hydrogen-bond acceptors (Lipinski definition) is 3. The number of carbonyl (C=O) groups excluding carboxylic acids is 1. The van der Waals surface area contributed by atoms with Gasteiger partial charge in [0.25, 0.3) is 0 Å². The molecule has 0 saturated heterocycles. The van der Waals surface area contributed by atoms with Crippen LogP contribution in [0.2, 0.25) is 0 Å². The molecule has 2 N–H and O–H groups in total. The molecule has 1 aromatic heterocycles. The summed E-state index contributed by atoms with van der Waals surface area (Å²) in [6, 6.07) is 1.78. The summed E-state index contributed by atoms with van der Waals surface area (Å²) >= 11 is 0. The highest BCUT2D eigenvalue weighted by Crippen LogP contribution is 1.97. The molecule has 0 bridgehead atoms. The fourth-order valence-electron chi connectivity index (χ4n) is 1.21. The molecular formula is C10H17N3O2. The van der Waals surface area contributed by atoms with Crippen molar-refractivity contribution in [1.29, 1.82) is 0 Å². The predicted molar refractivity (Wildman–Crippen MR) is 56.1 cm³/mol. The Morgan fingerprint density at radius 2 is 2.47 bits per heavy atom. The summed E-state index contributed by atoms with van der Waals surface area (Å²) in [7, 11) is 0. The van der Waals surface area contributed by atoms with Gasteiger partial charge in [0.2, 0.25) is 5.91 Å². The normalized spacial score (nSPS) is 12.4. The van der Waals surface area contributed by atoms with E-state index in [0.717, 1.165) is 0 Å². The molecule has 0 radical (unpaired) electrons. The van der Waals surface area contributed by atoms with Crippen molar-refractivity contribution in [2.75, 3.05) is 13.2 Å².